The lowest BCUT2D eigenvalue weighted by Gasteiger charge is -2.04. The summed E-state index contributed by atoms with van der Waals surface area (Å²) in [6, 6.07) is 6.98. The molecule has 0 atom stereocenters. The maximum absolute atomic E-state index is 12.0. The summed E-state index contributed by atoms with van der Waals surface area (Å²) in [4.78, 5) is 7.74. The first-order valence-electron chi connectivity index (χ1n) is 5.24. The molecule has 1 aromatic heterocycles. The van der Waals surface area contributed by atoms with Crippen LogP contribution in [0.15, 0.2) is 36.8 Å². The van der Waals surface area contributed by atoms with Crippen molar-refractivity contribution in [3.8, 4) is 0 Å². The number of aromatic nitrogens is 2. The Morgan fingerprint density at radius 3 is 2.78 bits per heavy atom. The number of sulfonamides is 1. The van der Waals surface area contributed by atoms with Gasteiger partial charge >= 0.3 is 0 Å². The van der Waals surface area contributed by atoms with Gasteiger partial charge in [0, 0.05) is 12.6 Å². The molecule has 0 aliphatic carbocycles. The molecule has 0 aliphatic rings. The van der Waals surface area contributed by atoms with E-state index >= 15 is 0 Å². The van der Waals surface area contributed by atoms with Crippen LogP contribution in [0, 0.1) is 0 Å². The number of nitrogens with one attached hydrogen (secondary N) is 2. The van der Waals surface area contributed by atoms with Crippen molar-refractivity contribution in [2.75, 3.05) is 0 Å². The Bertz CT molecular complexity index is 611. The molecule has 2 rings (SSSR count). The lowest BCUT2D eigenvalue weighted by atomic mass is 10.1. The predicted octanol–water partition coefficient (Wildman–Crippen LogP) is 1.30. The highest BCUT2D eigenvalue weighted by Crippen LogP contribution is 2.11. The van der Waals surface area contributed by atoms with Crippen molar-refractivity contribution >= 4 is 10.0 Å². The van der Waals surface area contributed by atoms with Gasteiger partial charge < -0.3 is 4.98 Å². The third-order valence-electron chi connectivity index (χ3n) is 2.41. The van der Waals surface area contributed by atoms with Gasteiger partial charge in [0.2, 0.25) is 10.0 Å². The summed E-state index contributed by atoms with van der Waals surface area (Å²) in [5.74, 6) is -0.377. The van der Waals surface area contributed by atoms with Crippen LogP contribution in [0.4, 0.5) is 4.48 Å². The first-order chi connectivity index (χ1) is 8.59. The van der Waals surface area contributed by atoms with Crippen LogP contribution in [-0.2, 0) is 22.2 Å². The largest absolute Gasteiger partial charge is 0.351 e. The number of rotatable bonds is 5. The number of nitrogens with zero attached hydrogens (tertiary/aromatic N) is 1. The van der Waals surface area contributed by atoms with Crippen LogP contribution in [0.3, 0.4) is 0 Å². The minimum absolute atomic E-state index is 0.377. The Hall–Kier alpha value is -1.73. The van der Waals surface area contributed by atoms with E-state index in [1.165, 1.54) is 0 Å². The number of imidazole rings is 1. The molecule has 1 aromatic carbocycles. The van der Waals surface area contributed by atoms with E-state index in [-0.39, 0.29) is 5.75 Å². The molecule has 5 nitrogen and oxygen atoms in total. The second kappa shape index (κ2) is 5.28. The zero-order valence-corrected chi connectivity index (χ0v) is 10.2. The van der Waals surface area contributed by atoms with Gasteiger partial charge in [-0.15, -0.1) is 4.48 Å². The fourth-order valence-electron chi connectivity index (χ4n) is 1.67. The van der Waals surface area contributed by atoms with E-state index in [1.54, 1.807) is 30.7 Å². The zero-order valence-electron chi connectivity index (χ0n) is 9.43. The average molecular weight is 269 g/mol. The maximum atomic E-state index is 12.0. The Labute approximate surface area is 104 Å². The van der Waals surface area contributed by atoms with E-state index in [0.29, 0.717) is 12.0 Å². The van der Waals surface area contributed by atoms with Crippen molar-refractivity contribution in [1.29, 1.82) is 0 Å². The molecule has 0 bridgehead atoms. The van der Waals surface area contributed by atoms with Crippen molar-refractivity contribution in [2.24, 2.45) is 0 Å². The molecule has 0 unspecified atom stereocenters. The standard InChI is InChI=1S/C11H12FN3O2S/c12-15-18(16,17)7-10-3-1-2-9(4-10)5-11-6-13-8-14-11/h1-4,6,8,15H,5,7H2,(H,13,14). The van der Waals surface area contributed by atoms with Gasteiger partial charge in [0.1, 0.15) is 0 Å². The monoisotopic (exact) mass is 269 g/mol. The third-order valence-corrected chi connectivity index (χ3v) is 3.35. The molecule has 0 radical (unpaired) electrons. The summed E-state index contributed by atoms with van der Waals surface area (Å²) >= 11 is 0. The molecular formula is C11H12FN3O2S. The summed E-state index contributed by atoms with van der Waals surface area (Å²) in [6.07, 6.45) is 3.95. The highest BCUT2D eigenvalue weighted by molar-refractivity contribution is 7.88. The molecule has 0 fully saturated rings. The molecule has 1 heterocycles. The second-order valence-corrected chi connectivity index (χ2v) is 5.57. The Balaban J connectivity index is 2.15. The molecule has 0 saturated carbocycles. The van der Waals surface area contributed by atoms with E-state index < -0.39 is 10.0 Å². The minimum atomic E-state index is -3.89. The number of aromatic amines is 1. The quantitative estimate of drug-likeness (QED) is 0.803. The lowest BCUT2D eigenvalue weighted by Crippen LogP contribution is -2.16. The predicted molar refractivity (Wildman–Crippen MR) is 64.7 cm³/mol. The molecule has 0 spiro atoms. The second-order valence-electron chi connectivity index (χ2n) is 3.89. The number of H-pyrrole nitrogens is 1. The van der Waals surface area contributed by atoms with Crippen LogP contribution in [0.25, 0.3) is 0 Å². The normalized spacial score (nSPS) is 11.6. The molecule has 2 N–H and O–H groups in total. The molecule has 0 amide bonds. The van der Waals surface area contributed by atoms with Gasteiger partial charge in [-0.3, -0.25) is 0 Å². The highest BCUT2D eigenvalue weighted by Gasteiger charge is 2.11. The van der Waals surface area contributed by atoms with Crippen molar-refractivity contribution < 1.29 is 12.9 Å². The number of hydrogen-bond donors (Lipinski definition) is 2. The SMILES string of the molecule is O=S(=O)(Cc1cccc(Cc2c[nH]cn2)c1)NF. The lowest BCUT2D eigenvalue weighted by molar-refractivity contribution is 0.425. The van der Waals surface area contributed by atoms with E-state index in [4.69, 9.17) is 0 Å². The van der Waals surface area contributed by atoms with E-state index in [9.17, 15) is 12.9 Å². The van der Waals surface area contributed by atoms with Gasteiger partial charge in [-0.25, -0.2) is 13.4 Å². The van der Waals surface area contributed by atoms with Gasteiger partial charge in [-0.05, 0) is 11.1 Å². The van der Waals surface area contributed by atoms with Gasteiger partial charge in [0.05, 0.1) is 17.8 Å². The van der Waals surface area contributed by atoms with Crippen LogP contribution >= 0.6 is 0 Å². The van der Waals surface area contributed by atoms with E-state index in [0.717, 1.165) is 16.2 Å². The summed E-state index contributed by atoms with van der Waals surface area (Å²) < 4.78 is 34.2. The number of hydrogen-bond acceptors (Lipinski definition) is 3. The topological polar surface area (TPSA) is 74.8 Å². The van der Waals surface area contributed by atoms with Crippen LogP contribution in [-0.4, -0.2) is 18.4 Å². The number of benzene rings is 1. The molecular weight excluding hydrogens is 257 g/mol. The smallest absolute Gasteiger partial charge is 0.241 e. The third kappa shape index (κ3) is 3.38. The van der Waals surface area contributed by atoms with Crippen LogP contribution in [0.2, 0.25) is 0 Å². The Morgan fingerprint density at radius 2 is 2.11 bits per heavy atom. The summed E-state index contributed by atoms with van der Waals surface area (Å²) in [5.41, 5.74) is 2.32. The van der Waals surface area contributed by atoms with Crippen molar-refractivity contribution in [2.45, 2.75) is 12.2 Å². The van der Waals surface area contributed by atoms with Gasteiger partial charge in [-0.2, -0.15) is 0 Å². The number of halogens is 1. The van der Waals surface area contributed by atoms with Gasteiger partial charge in [0.15, 0.2) is 0 Å². The Kier molecular flexibility index (Phi) is 3.73. The van der Waals surface area contributed by atoms with Crippen molar-refractivity contribution in [3.63, 3.8) is 0 Å². The highest BCUT2D eigenvalue weighted by atomic mass is 32.2. The summed E-state index contributed by atoms with van der Waals surface area (Å²) in [6.45, 7) is 0. The zero-order chi connectivity index (χ0) is 13.0. The van der Waals surface area contributed by atoms with Crippen LogP contribution < -0.4 is 4.94 Å². The molecule has 2 aromatic rings. The molecule has 18 heavy (non-hydrogen) atoms. The summed E-state index contributed by atoms with van der Waals surface area (Å²) in [5, 5.41) is 0. The minimum Gasteiger partial charge on any atom is -0.351 e. The summed E-state index contributed by atoms with van der Waals surface area (Å²) in [7, 11) is -3.89. The van der Waals surface area contributed by atoms with Gasteiger partial charge in [0.25, 0.3) is 0 Å². The van der Waals surface area contributed by atoms with E-state index in [1.807, 2.05) is 6.07 Å². The van der Waals surface area contributed by atoms with Gasteiger partial charge in [-0.1, -0.05) is 29.2 Å². The first kappa shape index (κ1) is 12.7. The molecule has 0 aliphatic heterocycles. The fourth-order valence-corrected chi connectivity index (χ4v) is 2.35. The Morgan fingerprint density at radius 1 is 1.33 bits per heavy atom. The van der Waals surface area contributed by atoms with Crippen molar-refractivity contribution in [1.82, 2.24) is 14.9 Å². The fraction of sp³-hybridized carbons (Fsp3) is 0.182. The maximum Gasteiger partial charge on any atom is 0.241 e. The van der Waals surface area contributed by atoms with Crippen molar-refractivity contribution in [3.05, 3.63) is 53.6 Å². The molecule has 0 saturated heterocycles. The molecule has 96 valence electrons. The van der Waals surface area contributed by atoms with Crippen LogP contribution in [0.1, 0.15) is 16.8 Å². The average Bonchev–Trinajstić information content (AvgIpc) is 2.82. The first-order valence-corrected chi connectivity index (χ1v) is 6.90. The van der Waals surface area contributed by atoms with E-state index in [2.05, 4.69) is 9.97 Å². The van der Waals surface area contributed by atoms with Crippen LogP contribution in [0.5, 0.6) is 0 Å². The molecule has 7 heteroatoms.